The summed E-state index contributed by atoms with van der Waals surface area (Å²) in [6, 6.07) is 0. The van der Waals surface area contributed by atoms with Gasteiger partial charge < -0.3 is 5.32 Å². The molecular formula is C11H13ClN4S. The molecule has 0 saturated heterocycles. The van der Waals surface area contributed by atoms with Crippen LogP contribution in [0.3, 0.4) is 0 Å². The number of nitrogens with one attached hydrogen (secondary N) is 1. The minimum absolute atomic E-state index is 0.244. The molecule has 17 heavy (non-hydrogen) atoms. The second kappa shape index (κ2) is 4.58. The van der Waals surface area contributed by atoms with E-state index in [-0.39, 0.29) is 10.8 Å². The van der Waals surface area contributed by atoms with Crippen LogP contribution in [-0.2, 0) is 5.54 Å². The topological polar surface area (TPSA) is 50.7 Å². The van der Waals surface area contributed by atoms with Gasteiger partial charge in [-0.15, -0.1) is 11.3 Å². The Hall–Kier alpha value is -1.20. The van der Waals surface area contributed by atoms with E-state index in [0.29, 0.717) is 0 Å². The third-order valence-electron chi connectivity index (χ3n) is 2.34. The number of rotatable bonds is 3. The Bertz CT molecular complexity index is 510. The Kier molecular flexibility index (Phi) is 3.31. The van der Waals surface area contributed by atoms with Crippen LogP contribution >= 0.6 is 22.9 Å². The average molecular weight is 269 g/mol. The van der Waals surface area contributed by atoms with Crippen LogP contribution in [-0.4, -0.2) is 15.0 Å². The van der Waals surface area contributed by atoms with Crippen LogP contribution in [0.2, 0.25) is 5.28 Å². The summed E-state index contributed by atoms with van der Waals surface area (Å²) in [6.45, 7) is 6.05. The molecule has 1 N–H and O–H groups in total. The van der Waals surface area contributed by atoms with Gasteiger partial charge in [0.1, 0.15) is 10.8 Å². The van der Waals surface area contributed by atoms with Crippen molar-refractivity contribution in [1.29, 1.82) is 0 Å². The van der Waals surface area contributed by atoms with Crippen molar-refractivity contribution in [1.82, 2.24) is 15.0 Å². The number of hydrogen-bond donors (Lipinski definition) is 1. The lowest BCUT2D eigenvalue weighted by molar-refractivity contribution is 0.600. The van der Waals surface area contributed by atoms with Crippen LogP contribution in [0.1, 0.15) is 24.4 Å². The Labute approximate surface area is 109 Å². The van der Waals surface area contributed by atoms with Crippen LogP contribution in [0.15, 0.2) is 17.8 Å². The van der Waals surface area contributed by atoms with Crippen molar-refractivity contribution in [2.45, 2.75) is 26.3 Å². The summed E-state index contributed by atoms with van der Waals surface area (Å²) >= 11 is 7.40. The van der Waals surface area contributed by atoms with Crippen LogP contribution in [0.25, 0.3) is 0 Å². The van der Waals surface area contributed by atoms with Crippen molar-refractivity contribution in [3.8, 4) is 0 Å². The molecule has 2 aromatic heterocycles. The van der Waals surface area contributed by atoms with Gasteiger partial charge in [-0.3, -0.25) is 0 Å². The summed E-state index contributed by atoms with van der Waals surface area (Å²) in [6.07, 6.45) is 3.50. The molecule has 0 unspecified atom stereocenters. The van der Waals surface area contributed by atoms with Gasteiger partial charge in [-0.05, 0) is 32.4 Å². The number of thiazole rings is 1. The first kappa shape index (κ1) is 12.3. The minimum atomic E-state index is -0.281. The van der Waals surface area contributed by atoms with E-state index < -0.39 is 0 Å². The smallest absolute Gasteiger partial charge is 0.224 e. The van der Waals surface area contributed by atoms with Gasteiger partial charge in [-0.1, -0.05) is 0 Å². The highest BCUT2D eigenvalue weighted by atomic mass is 35.5. The molecular weight excluding hydrogens is 256 g/mol. The van der Waals surface area contributed by atoms with Gasteiger partial charge in [0.05, 0.1) is 5.54 Å². The molecule has 6 heteroatoms. The summed E-state index contributed by atoms with van der Waals surface area (Å²) in [5, 5.41) is 6.55. The number of nitrogens with zero attached hydrogens (tertiary/aromatic N) is 3. The number of aryl methyl sites for hydroxylation is 1. The number of anilines is 1. The molecule has 0 fully saturated rings. The molecule has 0 aliphatic heterocycles. The zero-order valence-corrected chi connectivity index (χ0v) is 11.4. The number of hydrogen-bond acceptors (Lipinski definition) is 5. The van der Waals surface area contributed by atoms with Crippen molar-refractivity contribution in [3.05, 3.63) is 33.6 Å². The van der Waals surface area contributed by atoms with Crippen LogP contribution in [0.4, 0.5) is 5.82 Å². The van der Waals surface area contributed by atoms with Gasteiger partial charge in [0.2, 0.25) is 5.28 Å². The lowest BCUT2D eigenvalue weighted by atomic mass is 10.1. The maximum Gasteiger partial charge on any atom is 0.224 e. The standard InChI is InChI=1S/C11H13ClN4S/c1-7-6-14-10(12)15-8(7)16-11(2,3)9-13-4-5-17-9/h4-6H,1-3H3,(H,14,15,16). The fraction of sp³-hybridized carbons (Fsp3) is 0.364. The highest BCUT2D eigenvalue weighted by Crippen LogP contribution is 2.27. The predicted molar refractivity (Wildman–Crippen MR) is 70.5 cm³/mol. The molecule has 0 aliphatic carbocycles. The lowest BCUT2D eigenvalue weighted by Gasteiger charge is -2.25. The molecule has 0 radical (unpaired) electrons. The maximum absolute atomic E-state index is 5.80. The highest BCUT2D eigenvalue weighted by molar-refractivity contribution is 7.09. The zero-order valence-electron chi connectivity index (χ0n) is 9.86. The number of aromatic nitrogens is 3. The first-order chi connectivity index (χ1) is 7.99. The fourth-order valence-electron chi connectivity index (χ4n) is 1.43. The Morgan fingerprint density at radius 1 is 1.35 bits per heavy atom. The van der Waals surface area contributed by atoms with E-state index in [1.165, 1.54) is 0 Å². The van der Waals surface area contributed by atoms with Crippen molar-refractivity contribution >= 4 is 28.8 Å². The molecule has 2 heterocycles. The minimum Gasteiger partial charge on any atom is -0.358 e. The molecule has 2 aromatic rings. The van der Waals surface area contributed by atoms with Gasteiger partial charge in [0.15, 0.2) is 0 Å². The van der Waals surface area contributed by atoms with Gasteiger partial charge in [-0.25, -0.2) is 15.0 Å². The summed E-state index contributed by atoms with van der Waals surface area (Å²) < 4.78 is 0. The van der Waals surface area contributed by atoms with Crippen LogP contribution in [0, 0.1) is 6.92 Å². The Morgan fingerprint density at radius 3 is 2.76 bits per heavy atom. The monoisotopic (exact) mass is 268 g/mol. The molecule has 0 saturated carbocycles. The SMILES string of the molecule is Cc1cnc(Cl)nc1NC(C)(C)c1nccs1. The first-order valence-corrected chi connectivity index (χ1v) is 6.42. The van der Waals surface area contributed by atoms with E-state index in [0.717, 1.165) is 16.4 Å². The van der Waals surface area contributed by atoms with E-state index in [4.69, 9.17) is 11.6 Å². The Morgan fingerprint density at radius 2 is 2.12 bits per heavy atom. The van der Waals surface area contributed by atoms with Crippen LogP contribution in [0.5, 0.6) is 0 Å². The summed E-state index contributed by atoms with van der Waals surface area (Å²) in [5.74, 6) is 0.741. The van der Waals surface area contributed by atoms with Gasteiger partial charge >= 0.3 is 0 Å². The highest BCUT2D eigenvalue weighted by Gasteiger charge is 2.24. The summed E-state index contributed by atoms with van der Waals surface area (Å²) in [4.78, 5) is 12.4. The second-order valence-electron chi connectivity index (χ2n) is 4.26. The normalized spacial score (nSPS) is 11.5. The van der Waals surface area contributed by atoms with E-state index in [2.05, 4.69) is 34.1 Å². The largest absolute Gasteiger partial charge is 0.358 e. The summed E-state index contributed by atoms with van der Waals surface area (Å²) in [7, 11) is 0. The zero-order chi connectivity index (χ0) is 12.5. The van der Waals surface area contributed by atoms with E-state index in [1.807, 2.05) is 12.3 Å². The number of halogens is 1. The van der Waals surface area contributed by atoms with Crippen molar-refractivity contribution in [3.63, 3.8) is 0 Å². The first-order valence-electron chi connectivity index (χ1n) is 5.16. The van der Waals surface area contributed by atoms with Gasteiger partial charge in [0.25, 0.3) is 0 Å². The molecule has 0 spiro atoms. The molecule has 0 bridgehead atoms. The average Bonchev–Trinajstić information content (AvgIpc) is 2.77. The fourth-order valence-corrected chi connectivity index (χ4v) is 2.28. The van der Waals surface area contributed by atoms with E-state index >= 15 is 0 Å². The third-order valence-corrected chi connectivity index (χ3v) is 3.62. The molecule has 0 amide bonds. The maximum atomic E-state index is 5.80. The quantitative estimate of drug-likeness (QED) is 0.869. The van der Waals surface area contributed by atoms with Gasteiger partial charge in [0, 0.05) is 23.3 Å². The lowest BCUT2D eigenvalue weighted by Crippen LogP contribution is -2.28. The van der Waals surface area contributed by atoms with Crippen molar-refractivity contribution in [2.75, 3.05) is 5.32 Å². The second-order valence-corrected chi connectivity index (χ2v) is 5.49. The van der Waals surface area contributed by atoms with Crippen molar-refractivity contribution < 1.29 is 0 Å². The molecule has 0 aliphatic rings. The molecule has 0 aromatic carbocycles. The molecule has 90 valence electrons. The molecule has 0 atom stereocenters. The summed E-state index contributed by atoms with van der Waals surface area (Å²) in [5.41, 5.74) is 0.676. The third kappa shape index (κ3) is 2.73. The van der Waals surface area contributed by atoms with E-state index in [1.54, 1.807) is 23.7 Å². The Balaban J connectivity index is 2.29. The molecule has 4 nitrogen and oxygen atoms in total. The van der Waals surface area contributed by atoms with Gasteiger partial charge in [-0.2, -0.15) is 0 Å². The van der Waals surface area contributed by atoms with Crippen molar-refractivity contribution in [2.24, 2.45) is 0 Å². The molecule has 2 rings (SSSR count). The van der Waals surface area contributed by atoms with Crippen LogP contribution < -0.4 is 5.32 Å². The van der Waals surface area contributed by atoms with E-state index in [9.17, 15) is 0 Å². The predicted octanol–water partition coefficient (Wildman–Crippen LogP) is 3.24.